The van der Waals surface area contributed by atoms with Crippen LogP contribution < -0.4 is 5.32 Å². The Morgan fingerprint density at radius 1 is 1.33 bits per heavy atom. The first-order chi connectivity index (χ1) is 8.86. The summed E-state index contributed by atoms with van der Waals surface area (Å²) in [5.41, 5.74) is 4.34. The lowest BCUT2D eigenvalue weighted by Crippen LogP contribution is -2.11. The molecule has 0 amide bonds. The molecule has 1 unspecified atom stereocenters. The Kier molecular flexibility index (Phi) is 3.59. The van der Waals surface area contributed by atoms with Crippen molar-refractivity contribution in [3.63, 3.8) is 0 Å². The second kappa shape index (κ2) is 5.35. The van der Waals surface area contributed by atoms with Crippen LogP contribution in [0.3, 0.4) is 0 Å². The maximum atomic E-state index is 4.72. The summed E-state index contributed by atoms with van der Waals surface area (Å²) in [6, 6.07) is 7.16. The van der Waals surface area contributed by atoms with Crippen LogP contribution >= 0.6 is 11.8 Å². The van der Waals surface area contributed by atoms with E-state index in [0.717, 1.165) is 17.3 Å². The molecule has 1 atom stereocenters. The van der Waals surface area contributed by atoms with Gasteiger partial charge in [-0.3, -0.25) is 4.99 Å². The van der Waals surface area contributed by atoms with E-state index in [4.69, 9.17) is 4.99 Å². The minimum absolute atomic E-state index is 0.511. The van der Waals surface area contributed by atoms with Crippen molar-refractivity contribution in [3.05, 3.63) is 29.3 Å². The Hall–Kier alpha value is -0.960. The summed E-state index contributed by atoms with van der Waals surface area (Å²) in [6.07, 6.45) is 6.26. The zero-order valence-corrected chi connectivity index (χ0v) is 11.7. The molecule has 18 heavy (non-hydrogen) atoms. The number of aryl methyl sites for hydroxylation is 1. The normalized spacial score (nSPS) is 22.5. The second-order valence-corrected chi connectivity index (χ2v) is 6.09. The lowest BCUT2D eigenvalue weighted by Gasteiger charge is -2.19. The van der Waals surface area contributed by atoms with Crippen LogP contribution in [-0.4, -0.2) is 17.0 Å². The van der Waals surface area contributed by atoms with E-state index in [-0.39, 0.29) is 0 Å². The average molecular weight is 260 g/mol. The predicted molar refractivity (Wildman–Crippen MR) is 80.7 cm³/mol. The molecule has 96 valence electrons. The summed E-state index contributed by atoms with van der Waals surface area (Å²) in [5.74, 6) is 1.13. The van der Waals surface area contributed by atoms with Crippen LogP contribution in [0.1, 0.15) is 37.3 Å². The number of nitrogens with zero attached hydrogens (tertiary/aromatic N) is 1. The van der Waals surface area contributed by atoms with Crippen molar-refractivity contribution in [1.82, 2.24) is 0 Å². The van der Waals surface area contributed by atoms with Crippen molar-refractivity contribution in [1.29, 1.82) is 0 Å². The van der Waals surface area contributed by atoms with E-state index in [9.17, 15) is 0 Å². The van der Waals surface area contributed by atoms with Crippen molar-refractivity contribution in [2.75, 3.05) is 11.1 Å². The molecule has 1 aliphatic carbocycles. The molecular formula is C15H20N2S. The number of aliphatic imine (C=N–C) groups is 1. The third-order valence-corrected chi connectivity index (χ3v) is 4.85. The van der Waals surface area contributed by atoms with Gasteiger partial charge in [-0.05, 0) is 49.3 Å². The van der Waals surface area contributed by atoms with Gasteiger partial charge in [0.15, 0.2) is 5.17 Å². The SMILES string of the molecule is CCC1CSC(Nc2cccc3c2CCCC3)=N1. The van der Waals surface area contributed by atoms with Crippen LogP contribution in [0.15, 0.2) is 23.2 Å². The zero-order valence-electron chi connectivity index (χ0n) is 10.9. The molecule has 0 fully saturated rings. The lowest BCUT2D eigenvalue weighted by atomic mass is 9.90. The van der Waals surface area contributed by atoms with E-state index in [1.54, 1.807) is 0 Å². The molecule has 1 N–H and O–H groups in total. The second-order valence-electron chi connectivity index (χ2n) is 5.08. The van der Waals surface area contributed by atoms with Gasteiger partial charge in [0.25, 0.3) is 0 Å². The Morgan fingerprint density at radius 3 is 3.06 bits per heavy atom. The van der Waals surface area contributed by atoms with Gasteiger partial charge in [-0.25, -0.2) is 0 Å². The van der Waals surface area contributed by atoms with Gasteiger partial charge >= 0.3 is 0 Å². The van der Waals surface area contributed by atoms with Crippen molar-refractivity contribution >= 4 is 22.6 Å². The van der Waals surface area contributed by atoms with Crippen molar-refractivity contribution in [2.45, 2.75) is 45.1 Å². The summed E-state index contributed by atoms with van der Waals surface area (Å²) in [4.78, 5) is 4.72. The highest BCUT2D eigenvalue weighted by molar-refractivity contribution is 8.14. The van der Waals surface area contributed by atoms with Crippen LogP contribution in [0.2, 0.25) is 0 Å². The molecule has 0 saturated carbocycles. The number of hydrogen-bond acceptors (Lipinski definition) is 3. The number of fused-ring (bicyclic) bond motifs is 1. The fraction of sp³-hybridized carbons (Fsp3) is 0.533. The Bertz CT molecular complexity index is 468. The molecule has 0 bridgehead atoms. The Labute approximate surface area is 113 Å². The molecule has 1 heterocycles. The van der Waals surface area contributed by atoms with Crippen molar-refractivity contribution < 1.29 is 0 Å². The van der Waals surface area contributed by atoms with Gasteiger partial charge in [-0.1, -0.05) is 30.8 Å². The van der Waals surface area contributed by atoms with Crippen LogP contribution in [0, 0.1) is 0 Å². The molecule has 0 aromatic heterocycles. The average Bonchev–Trinajstić information content (AvgIpc) is 2.87. The van der Waals surface area contributed by atoms with Crippen molar-refractivity contribution in [2.24, 2.45) is 4.99 Å². The maximum Gasteiger partial charge on any atom is 0.161 e. The quantitative estimate of drug-likeness (QED) is 0.873. The van der Waals surface area contributed by atoms with Gasteiger partial charge in [0.1, 0.15) is 0 Å². The van der Waals surface area contributed by atoms with Crippen LogP contribution in [0.25, 0.3) is 0 Å². The van der Waals surface area contributed by atoms with E-state index < -0.39 is 0 Å². The first-order valence-corrected chi connectivity index (χ1v) is 7.93. The van der Waals surface area contributed by atoms with E-state index in [1.807, 2.05) is 11.8 Å². The first-order valence-electron chi connectivity index (χ1n) is 6.95. The van der Waals surface area contributed by atoms with E-state index in [2.05, 4.69) is 30.4 Å². The molecule has 1 aliphatic heterocycles. The number of nitrogens with one attached hydrogen (secondary N) is 1. The number of amidine groups is 1. The summed E-state index contributed by atoms with van der Waals surface area (Å²) in [7, 11) is 0. The largest absolute Gasteiger partial charge is 0.335 e. The molecule has 0 radical (unpaired) electrons. The molecule has 3 heteroatoms. The Balaban J connectivity index is 1.81. The van der Waals surface area contributed by atoms with Crippen LogP contribution in [0.4, 0.5) is 5.69 Å². The fourth-order valence-electron chi connectivity index (χ4n) is 2.71. The van der Waals surface area contributed by atoms with Gasteiger partial charge < -0.3 is 5.32 Å². The number of thioether (sulfide) groups is 1. The summed E-state index contributed by atoms with van der Waals surface area (Å²) >= 11 is 1.86. The molecule has 3 rings (SSSR count). The zero-order chi connectivity index (χ0) is 12.4. The molecule has 2 aliphatic rings. The van der Waals surface area contributed by atoms with Crippen LogP contribution in [-0.2, 0) is 12.8 Å². The summed E-state index contributed by atoms with van der Waals surface area (Å²) < 4.78 is 0. The minimum atomic E-state index is 0.511. The molecular weight excluding hydrogens is 240 g/mol. The number of anilines is 1. The molecule has 1 aromatic carbocycles. The predicted octanol–water partition coefficient (Wildman–Crippen LogP) is 3.86. The summed E-state index contributed by atoms with van der Waals surface area (Å²) in [5, 5.41) is 4.66. The molecule has 0 saturated heterocycles. The molecule has 2 nitrogen and oxygen atoms in total. The van der Waals surface area contributed by atoms with Crippen molar-refractivity contribution in [3.8, 4) is 0 Å². The number of rotatable bonds is 2. The fourth-order valence-corrected chi connectivity index (χ4v) is 3.77. The molecule has 0 spiro atoms. The van der Waals surface area contributed by atoms with E-state index in [1.165, 1.54) is 42.5 Å². The third kappa shape index (κ3) is 2.41. The Morgan fingerprint density at radius 2 is 2.22 bits per heavy atom. The van der Waals surface area contributed by atoms with Gasteiger partial charge in [0.05, 0.1) is 6.04 Å². The highest BCUT2D eigenvalue weighted by atomic mass is 32.2. The standard InChI is InChI=1S/C15H20N2S/c1-2-12-10-18-15(16-12)17-14-9-5-7-11-6-3-4-8-13(11)14/h5,7,9,12H,2-4,6,8,10H2,1H3,(H,16,17). The van der Waals surface area contributed by atoms with Gasteiger partial charge in [-0.2, -0.15) is 0 Å². The monoisotopic (exact) mass is 260 g/mol. The van der Waals surface area contributed by atoms with Gasteiger partial charge in [0.2, 0.25) is 0 Å². The highest BCUT2D eigenvalue weighted by Gasteiger charge is 2.18. The lowest BCUT2D eigenvalue weighted by molar-refractivity contribution is 0.687. The number of benzene rings is 1. The first kappa shape index (κ1) is 12.1. The minimum Gasteiger partial charge on any atom is -0.335 e. The maximum absolute atomic E-state index is 4.72. The molecule has 1 aromatic rings. The smallest absolute Gasteiger partial charge is 0.161 e. The van der Waals surface area contributed by atoms with Gasteiger partial charge in [0, 0.05) is 11.4 Å². The van der Waals surface area contributed by atoms with E-state index in [0.29, 0.717) is 6.04 Å². The topological polar surface area (TPSA) is 24.4 Å². The third-order valence-electron chi connectivity index (χ3n) is 3.82. The summed E-state index contributed by atoms with van der Waals surface area (Å²) in [6.45, 7) is 2.21. The number of hydrogen-bond donors (Lipinski definition) is 1. The van der Waals surface area contributed by atoms with Gasteiger partial charge in [-0.15, -0.1) is 0 Å². The van der Waals surface area contributed by atoms with Crippen LogP contribution in [0.5, 0.6) is 0 Å². The highest BCUT2D eigenvalue weighted by Crippen LogP contribution is 2.30. The van der Waals surface area contributed by atoms with E-state index >= 15 is 0 Å².